The lowest BCUT2D eigenvalue weighted by Crippen LogP contribution is -2.16. The molecule has 192 valence electrons. The Hall–Kier alpha value is -3.66. The van der Waals surface area contributed by atoms with Gasteiger partial charge in [0.15, 0.2) is 5.82 Å². The number of hydrogen-bond donors (Lipinski definition) is 3. The fraction of sp³-hybridized carbons (Fsp3) is 0.462. The Bertz CT molecular complexity index is 1270. The van der Waals surface area contributed by atoms with Crippen molar-refractivity contribution in [2.45, 2.75) is 70.9 Å². The molecule has 1 saturated carbocycles. The van der Waals surface area contributed by atoms with Crippen LogP contribution in [0.4, 0.5) is 11.6 Å². The third-order valence-electron chi connectivity index (χ3n) is 6.85. The molecule has 0 bridgehead atoms. The minimum Gasteiger partial charge on any atom is -0.383 e. The summed E-state index contributed by atoms with van der Waals surface area (Å²) in [6.07, 6.45) is 4.58. The zero-order chi connectivity index (χ0) is 26.0. The third kappa shape index (κ3) is 4.99. The zero-order valence-electron chi connectivity index (χ0n) is 21.3. The molecular formula is C26H34N6O4. The van der Waals surface area contributed by atoms with Gasteiger partial charge in [0.25, 0.3) is 5.91 Å². The van der Waals surface area contributed by atoms with Crippen molar-refractivity contribution in [1.29, 1.82) is 0 Å². The molecule has 2 heterocycles. The second-order valence-electron chi connectivity index (χ2n) is 10.0. The normalized spacial score (nSPS) is 14.9. The molecule has 0 atom stereocenters. The van der Waals surface area contributed by atoms with Crippen LogP contribution < -0.4 is 16.8 Å². The molecule has 1 aromatic carbocycles. The number of amides is 2. The fourth-order valence-corrected chi connectivity index (χ4v) is 4.93. The number of rotatable bonds is 9. The molecule has 10 heteroatoms. The van der Waals surface area contributed by atoms with Crippen molar-refractivity contribution in [3.8, 4) is 11.3 Å². The van der Waals surface area contributed by atoms with Crippen LogP contribution in [0.25, 0.3) is 11.3 Å². The van der Waals surface area contributed by atoms with Crippen molar-refractivity contribution >= 4 is 23.5 Å². The molecule has 0 saturated heterocycles. The predicted molar refractivity (Wildman–Crippen MR) is 136 cm³/mol. The number of nitrogens with zero attached hydrogens (tertiary/aromatic N) is 3. The lowest BCUT2D eigenvalue weighted by atomic mass is 9.86. The van der Waals surface area contributed by atoms with Crippen molar-refractivity contribution in [3.63, 3.8) is 0 Å². The first-order valence-corrected chi connectivity index (χ1v) is 12.2. The number of carbonyl (C=O) groups is 2. The average molecular weight is 495 g/mol. The molecule has 0 aliphatic heterocycles. The number of carbonyl (C=O) groups excluding carboxylic acids is 2. The number of anilines is 2. The molecule has 4 rings (SSSR count). The van der Waals surface area contributed by atoms with Crippen molar-refractivity contribution in [2.24, 2.45) is 5.73 Å². The molecule has 1 aliphatic carbocycles. The lowest BCUT2D eigenvalue weighted by Gasteiger charge is -2.18. The largest absolute Gasteiger partial charge is 0.383 e. The van der Waals surface area contributed by atoms with Crippen molar-refractivity contribution in [2.75, 3.05) is 18.2 Å². The van der Waals surface area contributed by atoms with Gasteiger partial charge in [-0.3, -0.25) is 9.59 Å². The van der Waals surface area contributed by atoms with Gasteiger partial charge in [0.05, 0.1) is 13.0 Å². The van der Waals surface area contributed by atoms with E-state index < -0.39 is 5.91 Å². The van der Waals surface area contributed by atoms with Gasteiger partial charge >= 0.3 is 0 Å². The molecular weight excluding hydrogens is 460 g/mol. The minimum atomic E-state index is -0.653. The maximum absolute atomic E-state index is 12.8. The molecule has 1 fully saturated rings. The first kappa shape index (κ1) is 25.4. The van der Waals surface area contributed by atoms with E-state index in [1.165, 1.54) is 12.8 Å². The van der Waals surface area contributed by atoms with Gasteiger partial charge in [-0.15, -0.1) is 0 Å². The number of primary amides is 1. The summed E-state index contributed by atoms with van der Waals surface area (Å²) in [4.78, 5) is 25.0. The average Bonchev–Trinajstić information content (AvgIpc) is 3.53. The summed E-state index contributed by atoms with van der Waals surface area (Å²) >= 11 is 0. The summed E-state index contributed by atoms with van der Waals surface area (Å²) in [6, 6.07) is 7.26. The topological polar surface area (TPSA) is 151 Å². The highest BCUT2D eigenvalue weighted by atomic mass is 16.5. The number of methoxy groups -OCH3 is 1. The fourth-order valence-electron chi connectivity index (χ4n) is 4.93. The Balaban J connectivity index is 1.56. The molecule has 2 amide bonds. The Morgan fingerprint density at radius 1 is 1.25 bits per heavy atom. The van der Waals surface area contributed by atoms with Crippen LogP contribution in [-0.2, 0) is 28.0 Å². The van der Waals surface area contributed by atoms with Crippen molar-refractivity contribution < 1.29 is 18.8 Å². The highest BCUT2D eigenvalue weighted by molar-refractivity contribution is 6.03. The van der Waals surface area contributed by atoms with Crippen LogP contribution in [0.1, 0.15) is 79.7 Å². The van der Waals surface area contributed by atoms with E-state index in [0.717, 1.165) is 29.7 Å². The maximum Gasteiger partial charge on any atom is 0.254 e. The molecule has 5 N–H and O–H groups in total. The van der Waals surface area contributed by atoms with Crippen LogP contribution >= 0.6 is 0 Å². The molecule has 1 aliphatic rings. The molecule has 36 heavy (non-hydrogen) atoms. The van der Waals surface area contributed by atoms with E-state index in [-0.39, 0.29) is 41.8 Å². The number of nitrogen functional groups attached to an aromatic ring is 1. The van der Waals surface area contributed by atoms with Crippen LogP contribution in [0.3, 0.4) is 0 Å². The summed E-state index contributed by atoms with van der Waals surface area (Å²) in [7, 11) is 1.58. The molecule has 3 aromatic rings. The Labute approximate surface area is 210 Å². The van der Waals surface area contributed by atoms with Crippen LogP contribution in [0.2, 0.25) is 0 Å². The van der Waals surface area contributed by atoms with E-state index in [4.69, 9.17) is 20.7 Å². The highest BCUT2D eigenvalue weighted by Gasteiger charge is 2.34. The van der Waals surface area contributed by atoms with Gasteiger partial charge < -0.3 is 26.0 Å². The number of nitrogens with two attached hydrogens (primary N) is 2. The monoisotopic (exact) mass is 494 g/mol. The van der Waals surface area contributed by atoms with Crippen LogP contribution in [-0.4, -0.2) is 33.9 Å². The standard InChI is InChI=1S/C26H34N6O4/c1-15(2)32-24(27)22(25(28)34)23(30-32)18-8-7-16(11-17(18)14-35-4)12-21(33)29-20-13-19(36-31-20)26(3)9-5-6-10-26/h7-8,11,13,15H,5-6,9-10,12,14,27H2,1-4H3,(H2,28,34)(H,29,31,33). The molecule has 0 radical (unpaired) electrons. The number of hydrogen-bond acceptors (Lipinski definition) is 7. The number of benzene rings is 1. The Morgan fingerprint density at radius 2 is 1.97 bits per heavy atom. The molecule has 2 aromatic heterocycles. The Morgan fingerprint density at radius 3 is 2.61 bits per heavy atom. The van der Waals surface area contributed by atoms with Gasteiger partial charge in [0.2, 0.25) is 5.91 Å². The Kier molecular flexibility index (Phi) is 7.16. The first-order chi connectivity index (χ1) is 17.1. The van der Waals surface area contributed by atoms with E-state index in [9.17, 15) is 9.59 Å². The van der Waals surface area contributed by atoms with Gasteiger partial charge in [-0.05, 0) is 37.8 Å². The molecule has 10 nitrogen and oxygen atoms in total. The summed E-state index contributed by atoms with van der Waals surface area (Å²) in [5.41, 5.74) is 14.6. The van der Waals surface area contributed by atoms with Crippen molar-refractivity contribution in [3.05, 3.63) is 46.7 Å². The van der Waals surface area contributed by atoms with Gasteiger partial charge in [0.1, 0.15) is 22.8 Å². The predicted octanol–water partition coefficient (Wildman–Crippen LogP) is 3.96. The van der Waals surface area contributed by atoms with E-state index in [0.29, 0.717) is 17.1 Å². The van der Waals surface area contributed by atoms with Crippen LogP contribution in [0, 0.1) is 0 Å². The number of aromatic nitrogens is 3. The van der Waals surface area contributed by atoms with Gasteiger partial charge in [0, 0.05) is 30.2 Å². The van der Waals surface area contributed by atoms with Gasteiger partial charge in [-0.1, -0.05) is 43.1 Å². The zero-order valence-corrected chi connectivity index (χ0v) is 21.3. The molecule has 0 spiro atoms. The van der Waals surface area contributed by atoms with E-state index >= 15 is 0 Å². The van der Waals surface area contributed by atoms with Gasteiger partial charge in [-0.25, -0.2) is 4.68 Å². The summed E-state index contributed by atoms with van der Waals surface area (Å²) in [5, 5.41) is 11.4. The smallest absolute Gasteiger partial charge is 0.254 e. The highest BCUT2D eigenvalue weighted by Crippen LogP contribution is 2.41. The van der Waals surface area contributed by atoms with Crippen LogP contribution in [0.15, 0.2) is 28.8 Å². The van der Waals surface area contributed by atoms with E-state index in [1.807, 2.05) is 38.1 Å². The van der Waals surface area contributed by atoms with E-state index in [1.54, 1.807) is 11.8 Å². The van der Waals surface area contributed by atoms with E-state index in [2.05, 4.69) is 22.5 Å². The molecule has 0 unspecified atom stereocenters. The number of nitrogens with one attached hydrogen (secondary N) is 1. The SMILES string of the molecule is COCc1cc(CC(=O)Nc2cc(C3(C)CCCC3)on2)ccc1-c1nn(C(C)C)c(N)c1C(N)=O. The summed E-state index contributed by atoms with van der Waals surface area (Å²) in [5.74, 6) is 0.580. The second-order valence-corrected chi connectivity index (χ2v) is 10.0. The summed E-state index contributed by atoms with van der Waals surface area (Å²) in [6.45, 7) is 6.26. The number of ether oxygens (including phenoxy) is 1. The maximum atomic E-state index is 12.8. The second kappa shape index (κ2) is 10.1. The van der Waals surface area contributed by atoms with Crippen molar-refractivity contribution in [1.82, 2.24) is 14.9 Å². The summed E-state index contributed by atoms with van der Waals surface area (Å²) < 4.78 is 12.5. The first-order valence-electron chi connectivity index (χ1n) is 12.2. The lowest BCUT2D eigenvalue weighted by molar-refractivity contribution is -0.115. The minimum absolute atomic E-state index is 0.0173. The quantitative estimate of drug-likeness (QED) is 0.407. The van der Waals surface area contributed by atoms with Crippen LogP contribution in [0.5, 0.6) is 0 Å². The third-order valence-corrected chi connectivity index (χ3v) is 6.85. The van der Waals surface area contributed by atoms with Gasteiger partial charge in [-0.2, -0.15) is 5.10 Å².